The standard InChI is InChI=1S/C17H23N3O3/c1-11-5-4-6-14-15(11)13(9-19-14)7-8-18-17(23)20(3)10-12(2)16(21)22/h4-6,9,12,19H,7-8,10H2,1-3H3,(H,18,23)(H,21,22). The van der Waals surface area contributed by atoms with Gasteiger partial charge < -0.3 is 20.3 Å². The minimum atomic E-state index is -0.904. The van der Waals surface area contributed by atoms with Crippen LogP contribution in [0.25, 0.3) is 10.9 Å². The molecule has 2 rings (SSSR count). The van der Waals surface area contributed by atoms with Crippen LogP contribution < -0.4 is 5.32 Å². The molecule has 0 aliphatic heterocycles. The number of nitrogens with one attached hydrogen (secondary N) is 2. The molecule has 0 saturated heterocycles. The first kappa shape index (κ1) is 16.9. The fraction of sp³-hybridized carbons (Fsp3) is 0.412. The third-order valence-corrected chi connectivity index (χ3v) is 3.98. The summed E-state index contributed by atoms with van der Waals surface area (Å²) in [4.78, 5) is 27.4. The van der Waals surface area contributed by atoms with Crippen molar-refractivity contribution in [2.45, 2.75) is 20.3 Å². The van der Waals surface area contributed by atoms with Crippen molar-refractivity contribution in [3.63, 3.8) is 0 Å². The fourth-order valence-electron chi connectivity index (χ4n) is 2.66. The lowest BCUT2D eigenvalue weighted by molar-refractivity contribution is -0.141. The van der Waals surface area contributed by atoms with E-state index in [0.29, 0.717) is 6.54 Å². The van der Waals surface area contributed by atoms with E-state index in [-0.39, 0.29) is 12.6 Å². The Morgan fingerprint density at radius 3 is 2.83 bits per heavy atom. The summed E-state index contributed by atoms with van der Waals surface area (Å²) >= 11 is 0. The predicted octanol–water partition coefficient (Wildman–Crippen LogP) is 2.38. The molecule has 6 nitrogen and oxygen atoms in total. The second kappa shape index (κ2) is 7.17. The van der Waals surface area contributed by atoms with Gasteiger partial charge in [-0.2, -0.15) is 0 Å². The number of carboxylic acid groups (broad SMARTS) is 1. The first-order valence-electron chi connectivity index (χ1n) is 7.67. The van der Waals surface area contributed by atoms with Crippen molar-refractivity contribution in [1.29, 1.82) is 0 Å². The molecule has 0 radical (unpaired) electrons. The van der Waals surface area contributed by atoms with Gasteiger partial charge in [-0.1, -0.05) is 19.1 Å². The number of rotatable bonds is 6. The number of aromatic nitrogens is 1. The number of hydrogen-bond acceptors (Lipinski definition) is 2. The Kier molecular flexibility index (Phi) is 5.26. The van der Waals surface area contributed by atoms with Crippen molar-refractivity contribution in [3.05, 3.63) is 35.5 Å². The molecule has 1 unspecified atom stereocenters. The van der Waals surface area contributed by atoms with Crippen LogP contribution in [-0.4, -0.2) is 47.1 Å². The van der Waals surface area contributed by atoms with Gasteiger partial charge in [0.15, 0.2) is 0 Å². The summed E-state index contributed by atoms with van der Waals surface area (Å²) in [5.41, 5.74) is 3.47. The number of benzene rings is 1. The molecular weight excluding hydrogens is 294 g/mol. The van der Waals surface area contributed by atoms with Gasteiger partial charge in [0.1, 0.15) is 0 Å². The molecule has 1 heterocycles. The molecule has 1 aromatic heterocycles. The van der Waals surface area contributed by atoms with Crippen molar-refractivity contribution in [1.82, 2.24) is 15.2 Å². The van der Waals surface area contributed by atoms with E-state index in [9.17, 15) is 9.59 Å². The van der Waals surface area contributed by atoms with Crippen LogP contribution in [0.1, 0.15) is 18.1 Å². The Morgan fingerprint density at radius 2 is 2.13 bits per heavy atom. The van der Waals surface area contributed by atoms with Crippen molar-refractivity contribution in [2.24, 2.45) is 5.92 Å². The number of carbonyl (C=O) groups is 2. The Morgan fingerprint density at radius 1 is 1.39 bits per heavy atom. The Labute approximate surface area is 135 Å². The van der Waals surface area contributed by atoms with Crippen LogP contribution in [0, 0.1) is 12.8 Å². The fourth-order valence-corrected chi connectivity index (χ4v) is 2.66. The lowest BCUT2D eigenvalue weighted by Gasteiger charge is -2.20. The Balaban J connectivity index is 1.89. The van der Waals surface area contributed by atoms with Gasteiger partial charge in [-0.3, -0.25) is 4.79 Å². The van der Waals surface area contributed by atoms with E-state index in [4.69, 9.17) is 5.11 Å². The summed E-state index contributed by atoms with van der Waals surface area (Å²) in [6, 6.07) is 5.86. The molecular formula is C17H23N3O3. The quantitative estimate of drug-likeness (QED) is 0.764. The summed E-state index contributed by atoms with van der Waals surface area (Å²) in [5.74, 6) is -1.49. The van der Waals surface area contributed by atoms with Gasteiger partial charge in [0.2, 0.25) is 0 Å². The highest BCUT2D eigenvalue weighted by Gasteiger charge is 2.17. The van der Waals surface area contributed by atoms with Gasteiger partial charge in [0.25, 0.3) is 0 Å². The summed E-state index contributed by atoms with van der Waals surface area (Å²) in [5, 5.41) is 12.9. The highest BCUT2D eigenvalue weighted by molar-refractivity contribution is 5.86. The van der Waals surface area contributed by atoms with E-state index < -0.39 is 11.9 Å². The Hall–Kier alpha value is -2.50. The smallest absolute Gasteiger partial charge is 0.317 e. The van der Waals surface area contributed by atoms with E-state index in [1.807, 2.05) is 18.3 Å². The van der Waals surface area contributed by atoms with Gasteiger partial charge in [0, 0.05) is 37.2 Å². The molecule has 6 heteroatoms. The Bertz CT molecular complexity index is 708. The SMILES string of the molecule is Cc1cccc2[nH]cc(CCNC(=O)N(C)CC(C)C(=O)O)c12. The number of urea groups is 1. The average molecular weight is 317 g/mol. The van der Waals surface area contributed by atoms with Crippen LogP contribution >= 0.6 is 0 Å². The first-order valence-corrected chi connectivity index (χ1v) is 7.67. The van der Waals surface area contributed by atoms with Gasteiger partial charge >= 0.3 is 12.0 Å². The zero-order valence-corrected chi connectivity index (χ0v) is 13.7. The van der Waals surface area contributed by atoms with Gasteiger partial charge in [-0.15, -0.1) is 0 Å². The van der Waals surface area contributed by atoms with Crippen LogP contribution in [0.4, 0.5) is 4.79 Å². The van der Waals surface area contributed by atoms with Crippen molar-refractivity contribution in [3.8, 4) is 0 Å². The minimum absolute atomic E-state index is 0.188. The number of carboxylic acids is 1. The van der Waals surface area contributed by atoms with E-state index in [1.165, 1.54) is 21.4 Å². The van der Waals surface area contributed by atoms with Gasteiger partial charge in [0.05, 0.1) is 5.92 Å². The molecule has 2 amide bonds. The maximum atomic E-state index is 12.0. The highest BCUT2D eigenvalue weighted by atomic mass is 16.4. The van der Waals surface area contributed by atoms with Gasteiger partial charge in [-0.05, 0) is 30.5 Å². The van der Waals surface area contributed by atoms with Crippen molar-refractivity contribution >= 4 is 22.9 Å². The number of nitrogens with zero attached hydrogens (tertiary/aromatic N) is 1. The largest absolute Gasteiger partial charge is 0.481 e. The zero-order chi connectivity index (χ0) is 17.0. The summed E-state index contributed by atoms with van der Waals surface area (Å²) in [6.07, 6.45) is 2.69. The number of hydrogen-bond donors (Lipinski definition) is 3. The van der Waals surface area contributed by atoms with Crippen LogP contribution in [0.15, 0.2) is 24.4 Å². The summed E-state index contributed by atoms with van der Waals surface area (Å²) < 4.78 is 0. The maximum Gasteiger partial charge on any atom is 0.317 e. The predicted molar refractivity (Wildman–Crippen MR) is 89.6 cm³/mol. The van der Waals surface area contributed by atoms with Gasteiger partial charge in [-0.25, -0.2) is 4.79 Å². The topological polar surface area (TPSA) is 85.4 Å². The number of amides is 2. The number of carbonyl (C=O) groups excluding carboxylic acids is 1. The molecule has 2 aromatic rings. The summed E-state index contributed by atoms with van der Waals surface area (Å²) in [6.45, 7) is 4.35. The second-order valence-electron chi connectivity index (χ2n) is 5.91. The molecule has 1 atom stereocenters. The number of fused-ring (bicyclic) bond motifs is 1. The molecule has 124 valence electrons. The van der Waals surface area contributed by atoms with E-state index >= 15 is 0 Å². The third-order valence-electron chi connectivity index (χ3n) is 3.98. The minimum Gasteiger partial charge on any atom is -0.481 e. The first-order chi connectivity index (χ1) is 10.9. The van der Waals surface area contributed by atoms with Crippen molar-refractivity contribution < 1.29 is 14.7 Å². The maximum absolute atomic E-state index is 12.0. The van der Waals surface area contributed by atoms with E-state index in [0.717, 1.165) is 11.9 Å². The van der Waals surface area contributed by atoms with Crippen LogP contribution in [-0.2, 0) is 11.2 Å². The normalized spacial score (nSPS) is 12.1. The van der Waals surface area contributed by atoms with Crippen LogP contribution in [0.3, 0.4) is 0 Å². The molecule has 23 heavy (non-hydrogen) atoms. The molecule has 0 aliphatic rings. The number of H-pyrrole nitrogens is 1. The van der Waals surface area contributed by atoms with E-state index in [2.05, 4.69) is 23.3 Å². The van der Waals surface area contributed by atoms with Crippen molar-refractivity contribution in [2.75, 3.05) is 20.1 Å². The molecule has 0 bridgehead atoms. The monoisotopic (exact) mass is 317 g/mol. The molecule has 0 saturated carbocycles. The molecule has 0 spiro atoms. The lowest BCUT2D eigenvalue weighted by Crippen LogP contribution is -2.41. The molecule has 0 fully saturated rings. The summed E-state index contributed by atoms with van der Waals surface area (Å²) in [7, 11) is 1.60. The van der Waals surface area contributed by atoms with E-state index in [1.54, 1.807) is 14.0 Å². The third kappa shape index (κ3) is 4.03. The number of aliphatic carboxylic acids is 1. The average Bonchev–Trinajstić information content (AvgIpc) is 2.91. The zero-order valence-electron chi connectivity index (χ0n) is 13.7. The molecule has 0 aliphatic carbocycles. The van der Waals surface area contributed by atoms with Crippen LogP contribution in [0.5, 0.6) is 0 Å². The number of aryl methyl sites for hydroxylation is 1. The molecule has 3 N–H and O–H groups in total. The lowest BCUT2D eigenvalue weighted by atomic mass is 10.1. The van der Waals surface area contributed by atoms with Crippen LogP contribution in [0.2, 0.25) is 0 Å². The second-order valence-corrected chi connectivity index (χ2v) is 5.91. The molecule has 1 aromatic carbocycles. The number of aromatic amines is 1. The highest BCUT2D eigenvalue weighted by Crippen LogP contribution is 2.22.